The molecule has 1 aliphatic heterocycles. The molecule has 3 rings (SSSR count). The third kappa shape index (κ3) is 2.55. The van der Waals surface area contributed by atoms with E-state index in [-0.39, 0.29) is 6.09 Å². The average Bonchev–Trinajstić information content (AvgIpc) is 2.53. The summed E-state index contributed by atoms with van der Waals surface area (Å²) in [7, 11) is 3.34. The van der Waals surface area contributed by atoms with Crippen molar-refractivity contribution in [1.82, 2.24) is 0 Å². The van der Waals surface area contributed by atoms with E-state index in [2.05, 4.69) is 0 Å². The number of carbonyl (C=O) groups excluding carboxylic acids is 1. The van der Waals surface area contributed by atoms with Gasteiger partial charge in [-0.1, -0.05) is 23.8 Å². The van der Waals surface area contributed by atoms with Crippen LogP contribution in [0.25, 0.3) is 11.8 Å². The Morgan fingerprint density at radius 3 is 2.55 bits per heavy atom. The van der Waals surface area contributed by atoms with Crippen LogP contribution in [0.4, 0.5) is 10.5 Å². The molecular weight excluding hydrogens is 278 g/mol. The maximum Gasteiger partial charge on any atom is 0.419 e. The van der Waals surface area contributed by atoms with Crippen LogP contribution in [0.5, 0.6) is 5.75 Å². The van der Waals surface area contributed by atoms with Crippen LogP contribution < -0.4 is 9.64 Å². The van der Waals surface area contributed by atoms with Crippen LogP contribution >= 0.6 is 0 Å². The van der Waals surface area contributed by atoms with E-state index >= 15 is 0 Å². The minimum atomic E-state index is -0.379. The molecule has 4 nitrogen and oxygen atoms in total. The number of methoxy groups -OCH3 is 1. The Morgan fingerprint density at radius 1 is 1.14 bits per heavy atom. The van der Waals surface area contributed by atoms with Gasteiger partial charge < -0.3 is 9.47 Å². The number of ether oxygens (including phenoxy) is 2. The number of anilines is 1. The smallest absolute Gasteiger partial charge is 0.419 e. The summed E-state index contributed by atoms with van der Waals surface area (Å²) in [6.45, 7) is 2.02. The van der Waals surface area contributed by atoms with Crippen molar-refractivity contribution in [2.24, 2.45) is 0 Å². The molecule has 0 unspecified atom stereocenters. The van der Waals surface area contributed by atoms with Gasteiger partial charge in [-0.25, -0.2) is 4.79 Å². The standard InChI is InChI=1S/C18H17NO3/c1-12-4-9-16-15(10-12)17(22-18(20)19(16)2)11-13-5-7-14(21-3)8-6-13/h4-11H,1-3H3/b17-11-. The number of amides is 1. The Labute approximate surface area is 129 Å². The van der Waals surface area contributed by atoms with Gasteiger partial charge in [0.25, 0.3) is 0 Å². The molecule has 0 aromatic heterocycles. The maximum atomic E-state index is 12.0. The molecule has 2 aromatic carbocycles. The van der Waals surface area contributed by atoms with Gasteiger partial charge >= 0.3 is 6.09 Å². The van der Waals surface area contributed by atoms with Crippen molar-refractivity contribution in [2.75, 3.05) is 19.1 Å². The van der Waals surface area contributed by atoms with Gasteiger partial charge in [-0.3, -0.25) is 4.90 Å². The molecule has 0 fully saturated rings. The van der Waals surface area contributed by atoms with Gasteiger partial charge in [-0.15, -0.1) is 0 Å². The Bertz CT molecular complexity index is 747. The molecule has 2 aromatic rings. The van der Waals surface area contributed by atoms with Crippen molar-refractivity contribution < 1.29 is 14.3 Å². The molecule has 0 spiro atoms. The first-order chi connectivity index (χ1) is 10.6. The highest BCUT2D eigenvalue weighted by Crippen LogP contribution is 2.35. The summed E-state index contributed by atoms with van der Waals surface area (Å²) in [5.41, 5.74) is 3.82. The van der Waals surface area contributed by atoms with E-state index in [1.165, 1.54) is 4.90 Å². The zero-order valence-electron chi connectivity index (χ0n) is 12.8. The molecule has 0 saturated carbocycles. The number of carbonyl (C=O) groups is 1. The van der Waals surface area contributed by atoms with Gasteiger partial charge in [0.2, 0.25) is 0 Å². The predicted octanol–water partition coefficient (Wildman–Crippen LogP) is 4.09. The van der Waals surface area contributed by atoms with Crippen molar-refractivity contribution in [3.63, 3.8) is 0 Å². The average molecular weight is 295 g/mol. The fourth-order valence-corrected chi connectivity index (χ4v) is 2.41. The second kappa shape index (κ2) is 5.56. The number of benzene rings is 2. The fraction of sp³-hybridized carbons (Fsp3) is 0.167. The van der Waals surface area contributed by atoms with Crippen molar-refractivity contribution in [3.8, 4) is 5.75 Å². The number of hydrogen-bond acceptors (Lipinski definition) is 3. The zero-order chi connectivity index (χ0) is 15.7. The highest BCUT2D eigenvalue weighted by molar-refractivity contribution is 6.01. The van der Waals surface area contributed by atoms with E-state index in [0.717, 1.165) is 28.1 Å². The normalized spacial score (nSPS) is 15.5. The van der Waals surface area contributed by atoms with E-state index in [9.17, 15) is 4.79 Å². The van der Waals surface area contributed by atoms with Crippen LogP contribution in [0.15, 0.2) is 42.5 Å². The zero-order valence-corrected chi connectivity index (χ0v) is 12.8. The van der Waals surface area contributed by atoms with Crippen LogP contribution in [0.1, 0.15) is 16.7 Å². The Hall–Kier alpha value is -2.75. The first kappa shape index (κ1) is 14.2. The summed E-state index contributed by atoms with van der Waals surface area (Å²) >= 11 is 0. The summed E-state index contributed by atoms with van der Waals surface area (Å²) in [5.74, 6) is 1.35. The van der Waals surface area contributed by atoms with Gasteiger partial charge in [0, 0.05) is 12.6 Å². The van der Waals surface area contributed by atoms with Crippen LogP contribution in [0.3, 0.4) is 0 Å². The Balaban J connectivity index is 2.06. The van der Waals surface area contributed by atoms with Crippen LogP contribution in [-0.4, -0.2) is 20.3 Å². The molecule has 4 heteroatoms. The molecule has 1 amide bonds. The molecular formula is C18H17NO3. The molecule has 0 saturated heterocycles. The minimum absolute atomic E-state index is 0.379. The summed E-state index contributed by atoms with van der Waals surface area (Å²) in [4.78, 5) is 13.5. The molecule has 0 aliphatic carbocycles. The topological polar surface area (TPSA) is 38.8 Å². The summed E-state index contributed by atoms with van der Waals surface area (Å²) in [5, 5.41) is 0. The van der Waals surface area contributed by atoms with E-state index in [1.54, 1.807) is 14.2 Å². The van der Waals surface area contributed by atoms with Crippen LogP contribution in [0.2, 0.25) is 0 Å². The van der Waals surface area contributed by atoms with E-state index in [1.807, 2.05) is 55.5 Å². The number of rotatable bonds is 2. The monoisotopic (exact) mass is 295 g/mol. The summed E-state index contributed by atoms with van der Waals surface area (Å²) < 4.78 is 10.6. The van der Waals surface area contributed by atoms with Crippen LogP contribution in [-0.2, 0) is 4.74 Å². The highest BCUT2D eigenvalue weighted by Gasteiger charge is 2.26. The van der Waals surface area contributed by atoms with E-state index in [0.29, 0.717) is 5.76 Å². The molecule has 0 atom stereocenters. The number of nitrogens with zero attached hydrogens (tertiary/aromatic N) is 1. The molecule has 112 valence electrons. The van der Waals surface area contributed by atoms with Gasteiger partial charge in [0.05, 0.1) is 12.8 Å². The number of fused-ring (bicyclic) bond motifs is 1. The van der Waals surface area contributed by atoms with E-state index in [4.69, 9.17) is 9.47 Å². The third-order valence-corrected chi connectivity index (χ3v) is 3.66. The molecule has 1 aliphatic rings. The lowest BCUT2D eigenvalue weighted by molar-refractivity contribution is 0.199. The Morgan fingerprint density at radius 2 is 1.86 bits per heavy atom. The lowest BCUT2D eigenvalue weighted by Gasteiger charge is -2.27. The second-order valence-electron chi connectivity index (χ2n) is 5.23. The number of hydrogen-bond donors (Lipinski definition) is 0. The fourth-order valence-electron chi connectivity index (χ4n) is 2.41. The van der Waals surface area contributed by atoms with Crippen molar-refractivity contribution in [2.45, 2.75) is 6.92 Å². The second-order valence-corrected chi connectivity index (χ2v) is 5.23. The lowest BCUT2D eigenvalue weighted by Crippen LogP contribution is -2.31. The lowest BCUT2D eigenvalue weighted by atomic mass is 10.0. The maximum absolute atomic E-state index is 12.0. The van der Waals surface area contributed by atoms with Crippen molar-refractivity contribution >= 4 is 23.6 Å². The quantitative estimate of drug-likeness (QED) is 0.837. The third-order valence-electron chi connectivity index (χ3n) is 3.66. The predicted molar refractivity (Wildman–Crippen MR) is 86.9 cm³/mol. The molecule has 0 N–H and O–H groups in total. The first-order valence-electron chi connectivity index (χ1n) is 7.01. The van der Waals surface area contributed by atoms with E-state index < -0.39 is 0 Å². The number of aryl methyl sites for hydroxylation is 1. The summed E-state index contributed by atoms with van der Waals surface area (Å²) in [6, 6.07) is 13.5. The largest absolute Gasteiger partial charge is 0.497 e. The van der Waals surface area contributed by atoms with Crippen LogP contribution in [0, 0.1) is 6.92 Å². The van der Waals surface area contributed by atoms with Gasteiger partial charge in [-0.05, 0) is 42.8 Å². The van der Waals surface area contributed by atoms with Crippen molar-refractivity contribution in [1.29, 1.82) is 0 Å². The first-order valence-corrected chi connectivity index (χ1v) is 7.01. The van der Waals surface area contributed by atoms with Gasteiger partial charge in [0.1, 0.15) is 11.5 Å². The molecule has 1 heterocycles. The van der Waals surface area contributed by atoms with Crippen molar-refractivity contribution in [3.05, 3.63) is 59.2 Å². The summed E-state index contributed by atoms with van der Waals surface area (Å²) in [6.07, 6.45) is 1.49. The highest BCUT2D eigenvalue weighted by atomic mass is 16.6. The van der Waals surface area contributed by atoms with Gasteiger partial charge in [0.15, 0.2) is 0 Å². The molecule has 0 bridgehead atoms. The SMILES string of the molecule is COc1ccc(/C=C2\OC(=O)N(C)c3ccc(C)cc32)cc1. The number of cyclic esters (lactones) is 1. The molecule has 0 radical (unpaired) electrons. The van der Waals surface area contributed by atoms with Gasteiger partial charge in [-0.2, -0.15) is 0 Å². The minimum Gasteiger partial charge on any atom is -0.497 e. The molecule has 22 heavy (non-hydrogen) atoms. The Kier molecular flexibility index (Phi) is 3.59.